The largest absolute Gasteiger partial charge is 0.339 e. The van der Waals surface area contributed by atoms with Crippen LogP contribution in [0.2, 0.25) is 5.02 Å². The van der Waals surface area contributed by atoms with Crippen LogP contribution in [-0.2, 0) is 6.54 Å². The first-order valence-corrected chi connectivity index (χ1v) is 10.6. The average molecular weight is 431 g/mol. The molecule has 0 fully saturated rings. The Balaban J connectivity index is 1.89. The van der Waals surface area contributed by atoms with Crippen LogP contribution in [0.15, 0.2) is 78.9 Å². The fourth-order valence-electron chi connectivity index (χ4n) is 3.79. The van der Waals surface area contributed by atoms with Crippen molar-refractivity contribution in [3.63, 3.8) is 0 Å². The molecule has 5 aromatic rings. The van der Waals surface area contributed by atoms with Crippen LogP contribution in [0.3, 0.4) is 0 Å². The van der Waals surface area contributed by atoms with Gasteiger partial charge < -0.3 is 9.88 Å². The van der Waals surface area contributed by atoms with Crippen molar-refractivity contribution in [3.05, 3.63) is 88.5 Å². The van der Waals surface area contributed by atoms with Gasteiger partial charge in [-0.15, -0.1) is 0 Å². The van der Waals surface area contributed by atoms with Gasteiger partial charge in [0.15, 0.2) is 0 Å². The molecule has 148 valence electrons. The first-order chi connectivity index (χ1) is 14.7. The molecule has 0 unspecified atom stereocenters. The summed E-state index contributed by atoms with van der Waals surface area (Å²) in [5, 5.41) is 5.27. The molecular formula is C24H19ClN4S. The van der Waals surface area contributed by atoms with Crippen LogP contribution in [0.25, 0.3) is 27.9 Å². The van der Waals surface area contributed by atoms with Gasteiger partial charge in [0.1, 0.15) is 16.2 Å². The van der Waals surface area contributed by atoms with E-state index in [9.17, 15) is 0 Å². The van der Waals surface area contributed by atoms with Crippen molar-refractivity contribution in [1.82, 2.24) is 14.0 Å². The third-order valence-corrected chi connectivity index (χ3v) is 5.85. The van der Waals surface area contributed by atoms with Crippen LogP contribution in [0.1, 0.15) is 6.92 Å². The van der Waals surface area contributed by atoms with E-state index in [-0.39, 0.29) is 0 Å². The monoisotopic (exact) mass is 430 g/mol. The average Bonchev–Trinajstić information content (AvgIpc) is 3.15. The van der Waals surface area contributed by atoms with E-state index in [4.69, 9.17) is 28.8 Å². The van der Waals surface area contributed by atoms with Crippen molar-refractivity contribution >= 4 is 52.0 Å². The molecule has 0 aliphatic rings. The standard InChI is InChI=1S/C24H19ClN4S/c1-2-28-20-11-7-6-10-19(20)23(30)29-22(26-18-8-4-3-5-9-18)21(27-24(28)29)16-12-14-17(25)15-13-16/h3-15,26H,2H2,1H3. The number of hydrogen-bond donors (Lipinski definition) is 1. The summed E-state index contributed by atoms with van der Waals surface area (Å²) in [5.41, 5.74) is 3.86. The van der Waals surface area contributed by atoms with Gasteiger partial charge in [-0.1, -0.05) is 66.3 Å². The number of benzene rings is 3. The minimum Gasteiger partial charge on any atom is -0.339 e. The molecule has 0 atom stereocenters. The Kier molecular flexibility index (Phi) is 4.77. The Bertz CT molecular complexity index is 1420. The molecular weight excluding hydrogens is 412 g/mol. The smallest absolute Gasteiger partial charge is 0.217 e. The minimum atomic E-state index is 0.693. The summed E-state index contributed by atoms with van der Waals surface area (Å²) in [6.07, 6.45) is 0. The second-order valence-corrected chi connectivity index (χ2v) is 7.83. The SMILES string of the molecule is CCn1c2ccccc2c(=S)n2c(Nc3ccccc3)c(-c3ccc(Cl)cc3)nc12. The molecule has 0 radical (unpaired) electrons. The molecule has 3 aromatic carbocycles. The number of anilines is 2. The Labute approximate surface area is 184 Å². The topological polar surface area (TPSA) is 34.3 Å². The van der Waals surface area contributed by atoms with E-state index >= 15 is 0 Å². The normalized spacial score (nSPS) is 11.3. The first kappa shape index (κ1) is 18.9. The van der Waals surface area contributed by atoms with Gasteiger partial charge in [-0.05, 0) is 43.3 Å². The zero-order chi connectivity index (χ0) is 20.7. The van der Waals surface area contributed by atoms with Crippen LogP contribution in [0.5, 0.6) is 0 Å². The summed E-state index contributed by atoms with van der Waals surface area (Å²) < 4.78 is 4.97. The third kappa shape index (κ3) is 3.07. The summed E-state index contributed by atoms with van der Waals surface area (Å²) in [4.78, 5) is 5.04. The molecule has 0 saturated carbocycles. The second-order valence-electron chi connectivity index (χ2n) is 7.01. The van der Waals surface area contributed by atoms with Gasteiger partial charge in [-0.3, -0.25) is 4.40 Å². The molecule has 5 rings (SSSR count). The molecule has 0 aliphatic carbocycles. The van der Waals surface area contributed by atoms with Gasteiger partial charge in [0.25, 0.3) is 0 Å². The number of aromatic nitrogens is 3. The third-order valence-electron chi connectivity index (χ3n) is 5.20. The summed E-state index contributed by atoms with van der Waals surface area (Å²) >= 11 is 12.1. The predicted molar refractivity (Wildman–Crippen MR) is 127 cm³/mol. The number of aryl methyl sites for hydroxylation is 1. The molecule has 1 N–H and O–H groups in total. The molecule has 0 saturated heterocycles. The lowest BCUT2D eigenvalue weighted by Crippen LogP contribution is -2.06. The number of nitrogens with zero attached hydrogens (tertiary/aromatic N) is 3. The van der Waals surface area contributed by atoms with Crippen molar-refractivity contribution in [3.8, 4) is 11.3 Å². The van der Waals surface area contributed by atoms with E-state index in [2.05, 4.69) is 28.9 Å². The van der Waals surface area contributed by atoms with E-state index in [0.29, 0.717) is 5.02 Å². The van der Waals surface area contributed by atoms with Gasteiger partial charge in [0, 0.05) is 28.2 Å². The van der Waals surface area contributed by atoms with Crippen LogP contribution in [0, 0.1) is 4.64 Å². The molecule has 0 spiro atoms. The fourth-order valence-corrected chi connectivity index (χ4v) is 4.27. The highest BCUT2D eigenvalue weighted by Gasteiger charge is 2.19. The summed E-state index contributed by atoms with van der Waals surface area (Å²) in [6.45, 7) is 2.90. The zero-order valence-corrected chi connectivity index (χ0v) is 17.9. The molecule has 0 amide bonds. The number of imidazole rings is 1. The van der Waals surface area contributed by atoms with Gasteiger partial charge in [-0.2, -0.15) is 0 Å². The highest BCUT2D eigenvalue weighted by molar-refractivity contribution is 7.71. The maximum Gasteiger partial charge on any atom is 0.217 e. The lowest BCUT2D eigenvalue weighted by atomic mass is 10.1. The summed E-state index contributed by atoms with van der Waals surface area (Å²) in [7, 11) is 0. The maximum absolute atomic E-state index is 6.13. The molecule has 0 bridgehead atoms. The van der Waals surface area contributed by atoms with Crippen LogP contribution < -0.4 is 5.32 Å². The number of para-hydroxylation sites is 2. The molecule has 2 heterocycles. The highest BCUT2D eigenvalue weighted by atomic mass is 35.5. The summed E-state index contributed by atoms with van der Waals surface area (Å²) in [5.74, 6) is 1.65. The van der Waals surface area contributed by atoms with Crippen molar-refractivity contribution in [2.45, 2.75) is 13.5 Å². The zero-order valence-electron chi connectivity index (χ0n) is 16.3. The van der Waals surface area contributed by atoms with Gasteiger partial charge >= 0.3 is 0 Å². The number of hydrogen-bond acceptors (Lipinski definition) is 3. The second kappa shape index (κ2) is 7.59. The van der Waals surface area contributed by atoms with Crippen molar-refractivity contribution < 1.29 is 0 Å². The number of halogens is 1. The molecule has 0 aliphatic heterocycles. The first-order valence-electron chi connectivity index (χ1n) is 9.79. The van der Waals surface area contributed by atoms with Crippen LogP contribution in [-0.4, -0.2) is 14.0 Å². The quantitative estimate of drug-likeness (QED) is 0.309. The molecule has 4 nitrogen and oxygen atoms in total. The van der Waals surface area contributed by atoms with E-state index in [1.165, 1.54) is 0 Å². The van der Waals surface area contributed by atoms with E-state index < -0.39 is 0 Å². The Morgan fingerprint density at radius 3 is 2.37 bits per heavy atom. The Morgan fingerprint density at radius 2 is 1.63 bits per heavy atom. The lowest BCUT2D eigenvalue weighted by molar-refractivity contribution is 0.786. The molecule has 2 aromatic heterocycles. The fraction of sp³-hybridized carbons (Fsp3) is 0.0833. The van der Waals surface area contributed by atoms with Gasteiger partial charge in [-0.25, -0.2) is 4.98 Å². The van der Waals surface area contributed by atoms with Crippen molar-refractivity contribution in [2.75, 3.05) is 5.32 Å². The molecule has 6 heteroatoms. The van der Waals surface area contributed by atoms with E-state index in [1.807, 2.05) is 71.1 Å². The number of fused-ring (bicyclic) bond motifs is 2. The van der Waals surface area contributed by atoms with E-state index in [0.717, 1.165) is 50.6 Å². The Hall–Kier alpha value is -3.15. The maximum atomic E-state index is 6.13. The number of nitrogens with one attached hydrogen (secondary N) is 1. The Morgan fingerprint density at radius 1 is 0.933 bits per heavy atom. The predicted octanol–water partition coefficient (Wildman–Crippen LogP) is 7.10. The van der Waals surface area contributed by atoms with Gasteiger partial charge in [0.2, 0.25) is 5.78 Å². The van der Waals surface area contributed by atoms with Crippen LogP contribution >= 0.6 is 23.8 Å². The van der Waals surface area contributed by atoms with Crippen molar-refractivity contribution in [2.24, 2.45) is 0 Å². The minimum absolute atomic E-state index is 0.693. The van der Waals surface area contributed by atoms with E-state index in [1.54, 1.807) is 0 Å². The highest BCUT2D eigenvalue weighted by Crippen LogP contribution is 2.34. The molecule has 30 heavy (non-hydrogen) atoms. The van der Waals surface area contributed by atoms with Crippen LogP contribution in [0.4, 0.5) is 11.5 Å². The van der Waals surface area contributed by atoms with Crippen molar-refractivity contribution in [1.29, 1.82) is 0 Å². The lowest BCUT2D eigenvalue weighted by Gasteiger charge is -2.13. The van der Waals surface area contributed by atoms with Gasteiger partial charge in [0.05, 0.1) is 5.52 Å². The number of rotatable bonds is 4. The summed E-state index contributed by atoms with van der Waals surface area (Å²) in [6, 6.07) is 26.0.